The van der Waals surface area contributed by atoms with E-state index in [-0.39, 0.29) is 58.4 Å². The number of carbonyl (C=O) groups is 6. The number of hydrogen-bond acceptors (Lipinski definition) is 11. The summed E-state index contributed by atoms with van der Waals surface area (Å²) in [5.74, 6) is -1.52. The molecule has 4 heterocycles. The fraction of sp³-hybridized carbons (Fsp3) is 0.211. The van der Waals surface area contributed by atoms with Gasteiger partial charge in [0.2, 0.25) is 17.7 Å². The molecule has 5 N–H and O–H groups in total. The normalized spacial score (nSPS) is 15.2. The number of nitrogens with one attached hydrogen (secondary N) is 5. The van der Waals surface area contributed by atoms with E-state index in [9.17, 15) is 28.8 Å². The van der Waals surface area contributed by atoms with Crippen LogP contribution in [-0.4, -0.2) is 80.8 Å². The number of aromatic nitrogens is 3. The smallest absolute Gasteiger partial charge is 0.264 e. The van der Waals surface area contributed by atoms with Crippen LogP contribution in [0.3, 0.4) is 0 Å². The van der Waals surface area contributed by atoms with Crippen molar-refractivity contribution in [2.24, 2.45) is 0 Å². The van der Waals surface area contributed by atoms with Crippen LogP contribution in [0.4, 0.5) is 11.5 Å². The molecule has 5 amide bonds. The van der Waals surface area contributed by atoms with Crippen molar-refractivity contribution in [2.45, 2.75) is 31.7 Å². The third-order valence-electron chi connectivity index (χ3n) is 9.00. The molecule has 7 rings (SSSR count). The number of H-pyrrole nitrogens is 1. The Balaban J connectivity index is 0.899. The van der Waals surface area contributed by atoms with Crippen molar-refractivity contribution in [3.05, 3.63) is 107 Å². The Labute approximate surface area is 312 Å². The molecule has 3 aromatic carbocycles. The van der Waals surface area contributed by atoms with Crippen molar-refractivity contribution in [3.63, 3.8) is 0 Å². The maximum absolute atomic E-state index is 13.6. The van der Waals surface area contributed by atoms with E-state index in [1.165, 1.54) is 18.6 Å². The molecule has 2 aliphatic rings. The number of ketones is 1. The van der Waals surface area contributed by atoms with Crippen LogP contribution in [-0.2, 0) is 14.4 Å². The van der Waals surface area contributed by atoms with Crippen LogP contribution in [0, 0.1) is 0 Å². The predicted octanol–water partition coefficient (Wildman–Crippen LogP) is 4.46. The van der Waals surface area contributed by atoms with Crippen LogP contribution in [0.1, 0.15) is 62.3 Å². The molecule has 1 atom stereocenters. The number of rotatable bonds is 14. The number of benzene rings is 3. The second-order valence-electron chi connectivity index (χ2n) is 12.5. The van der Waals surface area contributed by atoms with Gasteiger partial charge in [0.15, 0.2) is 5.78 Å². The van der Waals surface area contributed by atoms with Crippen molar-refractivity contribution in [2.75, 3.05) is 30.3 Å². The van der Waals surface area contributed by atoms with E-state index in [4.69, 9.17) is 16.3 Å². The summed E-state index contributed by atoms with van der Waals surface area (Å²) in [6.45, 7) is 0.692. The van der Waals surface area contributed by atoms with Gasteiger partial charge in [-0.15, -0.1) is 0 Å². The standard InChI is InChI=1S/C38H33ClN8O7/c39-26-17-22(54-21-7-2-1-3-8-21)11-12-23(26)33(50)25-18-42-34-32(25)35(45-20-44-34)43-19-30(49)41-16-5-4-15-40-27-10-6-9-24-31(27)38(53)47(37(24)52)28-13-14-29(48)46-36(28)51/h1-3,6-12,17-18,20,28,40H,4-5,13-16,19H2,(H,41,49)(H,46,48,51)(H2,42,43,44,45). The van der Waals surface area contributed by atoms with Gasteiger partial charge in [-0.2, -0.15) is 0 Å². The van der Waals surface area contributed by atoms with Gasteiger partial charge in [-0.25, -0.2) is 9.97 Å². The predicted molar refractivity (Wildman–Crippen MR) is 198 cm³/mol. The lowest BCUT2D eigenvalue weighted by atomic mass is 10.0. The molecular formula is C38H33ClN8O7. The lowest BCUT2D eigenvalue weighted by Crippen LogP contribution is -2.54. The van der Waals surface area contributed by atoms with Gasteiger partial charge in [-0.05, 0) is 55.7 Å². The lowest BCUT2D eigenvalue weighted by Gasteiger charge is -2.27. The van der Waals surface area contributed by atoms with Gasteiger partial charge < -0.3 is 25.7 Å². The lowest BCUT2D eigenvalue weighted by molar-refractivity contribution is -0.136. The first-order chi connectivity index (χ1) is 26.2. The summed E-state index contributed by atoms with van der Waals surface area (Å²) < 4.78 is 5.83. The van der Waals surface area contributed by atoms with Gasteiger partial charge in [0.1, 0.15) is 35.3 Å². The number of nitrogens with zero attached hydrogens (tertiary/aromatic N) is 3. The molecule has 0 bridgehead atoms. The summed E-state index contributed by atoms with van der Waals surface area (Å²) in [7, 11) is 0. The summed E-state index contributed by atoms with van der Waals surface area (Å²) in [4.78, 5) is 89.1. The van der Waals surface area contributed by atoms with E-state index in [1.54, 1.807) is 30.3 Å². The summed E-state index contributed by atoms with van der Waals surface area (Å²) >= 11 is 6.52. The number of ether oxygens (including phenoxy) is 1. The summed E-state index contributed by atoms with van der Waals surface area (Å²) in [5.41, 5.74) is 1.78. The van der Waals surface area contributed by atoms with Gasteiger partial charge in [-0.3, -0.25) is 39.0 Å². The number of imide groups is 2. The van der Waals surface area contributed by atoms with Crippen LogP contribution in [0.15, 0.2) is 79.3 Å². The average Bonchev–Trinajstić information content (AvgIpc) is 3.71. The highest BCUT2D eigenvalue weighted by atomic mass is 35.5. The van der Waals surface area contributed by atoms with Crippen molar-refractivity contribution in [1.82, 2.24) is 30.5 Å². The van der Waals surface area contributed by atoms with Crippen LogP contribution in [0.25, 0.3) is 11.0 Å². The molecule has 0 spiro atoms. The Bertz CT molecular complexity index is 2310. The Kier molecular flexibility index (Phi) is 10.3. The molecular weight excluding hydrogens is 716 g/mol. The number of para-hydroxylation sites is 1. The topological polar surface area (TPSA) is 205 Å². The molecule has 0 radical (unpaired) electrons. The number of aromatic amines is 1. The highest BCUT2D eigenvalue weighted by Crippen LogP contribution is 2.33. The first-order valence-corrected chi connectivity index (χ1v) is 17.6. The number of fused-ring (bicyclic) bond motifs is 2. The zero-order chi connectivity index (χ0) is 37.8. The molecule has 1 saturated heterocycles. The van der Waals surface area contributed by atoms with Gasteiger partial charge in [0.05, 0.1) is 33.6 Å². The minimum atomic E-state index is -1.04. The number of hydrogen-bond donors (Lipinski definition) is 5. The molecule has 274 valence electrons. The van der Waals surface area contributed by atoms with Crippen molar-refractivity contribution >= 4 is 69.5 Å². The van der Waals surface area contributed by atoms with Crippen LogP contribution < -0.4 is 26.0 Å². The van der Waals surface area contributed by atoms with E-state index >= 15 is 0 Å². The fourth-order valence-electron chi connectivity index (χ4n) is 6.38. The molecule has 5 aromatic rings. The zero-order valence-electron chi connectivity index (χ0n) is 28.6. The summed E-state index contributed by atoms with van der Waals surface area (Å²) in [6, 6.07) is 17.8. The van der Waals surface area contributed by atoms with Gasteiger partial charge in [-0.1, -0.05) is 35.9 Å². The van der Waals surface area contributed by atoms with Crippen molar-refractivity contribution in [1.29, 1.82) is 0 Å². The van der Waals surface area contributed by atoms with Crippen LogP contribution >= 0.6 is 11.6 Å². The molecule has 54 heavy (non-hydrogen) atoms. The van der Waals surface area contributed by atoms with Crippen LogP contribution in [0.2, 0.25) is 5.02 Å². The number of carbonyl (C=O) groups excluding carboxylic acids is 6. The third kappa shape index (κ3) is 7.34. The van der Waals surface area contributed by atoms with Crippen molar-refractivity contribution in [3.8, 4) is 11.5 Å². The maximum Gasteiger partial charge on any atom is 0.264 e. The number of halogens is 1. The van der Waals surface area contributed by atoms with Gasteiger partial charge >= 0.3 is 0 Å². The highest BCUT2D eigenvalue weighted by molar-refractivity contribution is 6.36. The Morgan fingerprint density at radius 2 is 1.70 bits per heavy atom. The molecule has 16 heteroatoms. The summed E-state index contributed by atoms with van der Waals surface area (Å²) in [5, 5.41) is 11.8. The van der Waals surface area contributed by atoms with E-state index in [0.29, 0.717) is 60.0 Å². The monoisotopic (exact) mass is 748 g/mol. The minimum Gasteiger partial charge on any atom is -0.457 e. The first-order valence-electron chi connectivity index (χ1n) is 17.2. The maximum atomic E-state index is 13.6. The van der Waals surface area contributed by atoms with E-state index in [0.717, 1.165) is 4.90 Å². The van der Waals surface area contributed by atoms with E-state index < -0.39 is 29.7 Å². The molecule has 0 saturated carbocycles. The largest absolute Gasteiger partial charge is 0.457 e. The third-order valence-corrected chi connectivity index (χ3v) is 9.32. The Morgan fingerprint density at radius 3 is 2.50 bits per heavy atom. The quantitative estimate of drug-likeness (QED) is 0.0609. The number of piperidine rings is 1. The van der Waals surface area contributed by atoms with Crippen molar-refractivity contribution < 1.29 is 33.5 Å². The number of anilines is 2. The second-order valence-corrected chi connectivity index (χ2v) is 13.0. The molecule has 2 aliphatic heterocycles. The molecule has 15 nitrogen and oxygen atoms in total. The number of amides is 5. The van der Waals surface area contributed by atoms with Gasteiger partial charge in [0.25, 0.3) is 11.8 Å². The molecule has 1 unspecified atom stereocenters. The summed E-state index contributed by atoms with van der Waals surface area (Å²) in [6.07, 6.45) is 4.19. The average molecular weight is 749 g/mol. The molecule has 1 fully saturated rings. The van der Waals surface area contributed by atoms with Crippen LogP contribution in [0.5, 0.6) is 11.5 Å². The molecule has 0 aliphatic carbocycles. The number of unbranched alkanes of at least 4 members (excludes halogenated alkanes) is 1. The minimum absolute atomic E-state index is 0.0409. The first kappa shape index (κ1) is 35.8. The fourth-order valence-corrected chi connectivity index (χ4v) is 6.64. The van der Waals surface area contributed by atoms with Gasteiger partial charge in [0, 0.05) is 43.0 Å². The Hall–Kier alpha value is -6.61. The SMILES string of the molecule is O=C(CNc1ncnc2[nH]cc(C(=O)c3ccc(Oc4ccccc4)cc3Cl)c12)NCCCCNc1cccc2c1C(=O)N(C1CCC(=O)NC1=O)C2=O. The van der Waals surface area contributed by atoms with E-state index in [1.807, 2.05) is 30.3 Å². The zero-order valence-corrected chi connectivity index (χ0v) is 29.4. The van der Waals surface area contributed by atoms with E-state index in [2.05, 4.69) is 36.2 Å². The highest BCUT2D eigenvalue weighted by Gasteiger charge is 2.45. The molecule has 2 aromatic heterocycles. The second kappa shape index (κ2) is 15.6. The Morgan fingerprint density at radius 1 is 0.889 bits per heavy atom.